The number of anilines is 2. The fraction of sp³-hybridized carbons (Fsp3) is 0.455. The number of ether oxygens (including phenoxy) is 2. The number of benzene rings is 1. The average Bonchev–Trinajstić information content (AvgIpc) is 2.36. The van der Waals surface area contributed by atoms with E-state index >= 15 is 0 Å². The lowest BCUT2D eigenvalue weighted by Gasteiger charge is -2.20. The van der Waals surface area contributed by atoms with Crippen molar-refractivity contribution < 1.29 is 26.3 Å². The summed E-state index contributed by atoms with van der Waals surface area (Å²) in [6.45, 7) is 0.753. The van der Waals surface area contributed by atoms with Crippen LogP contribution in [-0.2, 0) is 19.9 Å². The molecule has 0 fully saturated rings. The van der Waals surface area contributed by atoms with Crippen LogP contribution in [-0.4, -0.2) is 47.8 Å². The predicted octanol–water partition coefficient (Wildman–Crippen LogP) is -0.174. The highest BCUT2D eigenvalue weighted by Gasteiger charge is 2.19. The molecule has 0 aliphatic carbocycles. The van der Waals surface area contributed by atoms with Gasteiger partial charge in [-0.15, -0.1) is 0 Å². The lowest BCUT2D eigenvalue weighted by molar-refractivity contribution is 0.172. The second-order valence-corrected chi connectivity index (χ2v) is 8.74. The first kappa shape index (κ1) is 15.7. The van der Waals surface area contributed by atoms with E-state index in [4.69, 9.17) is 15.2 Å². The van der Waals surface area contributed by atoms with Gasteiger partial charge < -0.3 is 15.2 Å². The number of nitrogens with two attached hydrogens (primary N) is 1. The van der Waals surface area contributed by atoms with Gasteiger partial charge in [-0.25, -0.2) is 16.8 Å². The molecule has 0 saturated carbocycles. The van der Waals surface area contributed by atoms with Crippen LogP contribution in [0.4, 0.5) is 11.4 Å². The van der Waals surface area contributed by atoms with Gasteiger partial charge in [0.25, 0.3) is 0 Å². The first-order valence-electron chi connectivity index (χ1n) is 6.04. The van der Waals surface area contributed by atoms with Crippen LogP contribution >= 0.6 is 0 Å². The van der Waals surface area contributed by atoms with E-state index in [0.717, 1.165) is 6.26 Å². The second-order valence-electron chi connectivity index (χ2n) is 4.63. The Bertz CT molecular complexity index is 742. The molecule has 118 valence electrons. The Morgan fingerprint density at radius 2 is 1.67 bits per heavy atom. The molecular weight excluding hydrogens is 320 g/mol. The summed E-state index contributed by atoms with van der Waals surface area (Å²) in [6, 6.07) is 2.88. The van der Waals surface area contributed by atoms with E-state index < -0.39 is 31.4 Å². The Labute approximate surface area is 123 Å². The highest BCUT2D eigenvalue weighted by atomic mass is 32.2. The van der Waals surface area contributed by atoms with Crippen molar-refractivity contribution in [2.45, 2.75) is 0 Å². The summed E-state index contributed by atoms with van der Waals surface area (Å²) in [5.41, 5.74) is 6.05. The van der Waals surface area contributed by atoms with Crippen molar-refractivity contribution in [3.05, 3.63) is 12.1 Å². The molecule has 0 atom stereocenters. The Hall–Kier alpha value is -1.68. The van der Waals surface area contributed by atoms with Gasteiger partial charge in [0.2, 0.25) is 10.0 Å². The fourth-order valence-corrected chi connectivity index (χ4v) is 4.38. The van der Waals surface area contributed by atoms with Gasteiger partial charge in [-0.3, -0.25) is 4.72 Å². The smallest absolute Gasteiger partial charge is 0.233 e. The van der Waals surface area contributed by atoms with Crippen molar-refractivity contribution in [1.82, 2.24) is 0 Å². The normalized spacial score (nSPS) is 14.7. The second kappa shape index (κ2) is 5.60. The number of nitrogens with one attached hydrogen (secondary N) is 1. The minimum absolute atomic E-state index is 0.132. The quantitative estimate of drug-likeness (QED) is 0.715. The van der Waals surface area contributed by atoms with Gasteiger partial charge in [0.1, 0.15) is 23.1 Å². The van der Waals surface area contributed by atoms with Gasteiger partial charge >= 0.3 is 0 Å². The minimum atomic E-state index is -3.82. The fourth-order valence-electron chi connectivity index (χ4n) is 1.67. The summed E-state index contributed by atoms with van der Waals surface area (Å²) in [7, 11) is -7.19. The first-order valence-corrected chi connectivity index (χ1v) is 9.75. The minimum Gasteiger partial charge on any atom is -0.486 e. The molecule has 1 aliphatic rings. The first-order chi connectivity index (χ1) is 9.66. The molecule has 0 amide bonds. The van der Waals surface area contributed by atoms with E-state index in [-0.39, 0.29) is 11.4 Å². The molecule has 8 nitrogen and oxygen atoms in total. The van der Waals surface area contributed by atoms with Crippen LogP contribution in [0.15, 0.2) is 12.1 Å². The summed E-state index contributed by atoms with van der Waals surface area (Å²) in [4.78, 5) is 0. The molecule has 0 unspecified atom stereocenters. The third-order valence-electron chi connectivity index (χ3n) is 2.70. The summed E-state index contributed by atoms with van der Waals surface area (Å²) in [5, 5.41) is 0. The van der Waals surface area contributed by atoms with Crippen molar-refractivity contribution in [2.75, 3.05) is 41.4 Å². The molecule has 10 heteroatoms. The van der Waals surface area contributed by atoms with Crippen LogP contribution in [0.1, 0.15) is 0 Å². The van der Waals surface area contributed by atoms with Crippen molar-refractivity contribution in [3.8, 4) is 11.5 Å². The molecular formula is C11H16N2O6S2. The lowest BCUT2D eigenvalue weighted by Crippen LogP contribution is -2.23. The lowest BCUT2D eigenvalue weighted by atomic mass is 10.2. The van der Waals surface area contributed by atoms with Gasteiger partial charge in [0.15, 0.2) is 11.5 Å². The Morgan fingerprint density at radius 1 is 1.10 bits per heavy atom. The van der Waals surface area contributed by atoms with E-state index in [1.54, 1.807) is 0 Å². The highest BCUT2D eigenvalue weighted by Crippen LogP contribution is 2.37. The molecule has 0 spiro atoms. The predicted molar refractivity (Wildman–Crippen MR) is 79.0 cm³/mol. The SMILES string of the molecule is CS(=O)(=O)CCS(=O)(=O)Nc1cc2c(cc1N)OCCO2. The molecule has 0 aromatic heterocycles. The molecule has 3 N–H and O–H groups in total. The van der Waals surface area contributed by atoms with E-state index in [1.165, 1.54) is 12.1 Å². The summed E-state index contributed by atoms with van der Waals surface area (Å²) in [5.74, 6) is -0.180. The van der Waals surface area contributed by atoms with E-state index in [0.29, 0.717) is 24.7 Å². The number of hydrogen-bond donors (Lipinski definition) is 2. The van der Waals surface area contributed by atoms with Gasteiger partial charge in [0.05, 0.1) is 22.9 Å². The van der Waals surface area contributed by atoms with Gasteiger partial charge in [-0.1, -0.05) is 0 Å². The topological polar surface area (TPSA) is 125 Å². The Balaban J connectivity index is 2.19. The molecule has 1 aromatic rings. The molecule has 1 aliphatic heterocycles. The van der Waals surface area contributed by atoms with E-state index in [1.807, 2.05) is 0 Å². The van der Waals surface area contributed by atoms with Gasteiger partial charge in [-0.2, -0.15) is 0 Å². The Kier molecular flexibility index (Phi) is 4.19. The van der Waals surface area contributed by atoms with Crippen LogP contribution < -0.4 is 19.9 Å². The molecule has 2 rings (SSSR count). The standard InChI is InChI=1S/C11H16N2O6S2/c1-20(14,15)4-5-21(16,17)13-9-7-11-10(6-8(9)12)18-2-3-19-11/h6-7,13H,2-5,12H2,1H3. The summed E-state index contributed by atoms with van der Waals surface area (Å²) >= 11 is 0. The third kappa shape index (κ3) is 4.39. The van der Waals surface area contributed by atoms with Crippen molar-refractivity contribution in [2.24, 2.45) is 0 Å². The molecule has 0 radical (unpaired) electrons. The zero-order valence-electron chi connectivity index (χ0n) is 11.3. The Morgan fingerprint density at radius 3 is 2.24 bits per heavy atom. The number of rotatable bonds is 5. The summed E-state index contributed by atoms with van der Waals surface area (Å²) < 4.78 is 58.7. The maximum atomic E-state index is 11.9. The van der Waals surface area contributed by atoms with E-state index in [9.17, 15) is 16.8 Å². The number of fused-ring (bicyclic) bond motifs is 1. The van der Waals surface area contributed by atoms with Gasteiger partial charge in [-0.05, 0) is 0 Å². The van der Waals surface area contributed by atoms with Crippen LogP contribution in [0, 0.1) is 0 Å². The van der Waals surface area contributed by atoms with E-state index in [2.05, 4.69) is 4.72 Å². The maximum absolute atomic E-state index is 11.9. The van der Waals surface area contributed by atoms with Crippen LogP contribution in [0.3, 0.4) is 0 Å². The zero-order valence-corrected chi connectivity index (χ0v) is 13.0. The van der Waals surface area contributed by atoms with Crippen LogP contribution in [0.5, 0.6) is 11.5 Å². The molecule has 1 heterocycles. The number of sulfonamides is 1. The maximum Gasteiger partial charge on any atom is 0.233 e. The van der Waals surface area contributed by atoms with Crippen LogP contribution in [0.25, 0.3) is 0 Å². The third-order valence-corrected chi connectivity index (χ3v) is 5.18. The molecule has 21 heavy (non-hydrogen) atoms. The number of hydrogen-bond acceptors (Lipinski definition) is 7. The van der Waals surface area contributed by atoms with Crippen LogP contribution in [0.2, 0.25) is 0 Å². The van der Waals surface area contributed by atoms with Crippen molar-refractivity contribution >= 4 is 31.2 Å². The molecule has 0 saturated heterocycles. The molecule has 0 bridgehead atoms. The van der Waals surface area contributed by atoms with Crippen molar-refractivity contribution in [1.29, 1.82) is 0 Å². The van der Waals surface area contributed by atoms with Crippen molar-refractivity contribution in [3.63, 3.8) is 0 Å². The largest absolute Gasteiger partial charge is 0.486 e. The summed E-state index contributed by atoms with van der Waals surface area (Å²) in [6.07, 6.45) is 0.973. The zero-order chi connectivity index (χ0) is 15.7. The highest BCUT2D eigenvalue weighted by molar-refractivity contribution is 7.95. The number of nitrogen functional groups attached to an aromatic ring is 1. The average molecular weight is 336 g/mol. The van der Waals surface area contributed by atoms with Gasteiger partial charge in [0, 0.05) is 18.4 Å². The molecule has 1 aromatic carbocycles. The monoisotopic (exact) mass is 336 g/mol. The number of sulfone groups is 1.